The van der Waals surface area contributed by atoms with E-state index in [2.05, 4.69) is 0 Å². The summed E-state index contributed by atoms with van der Waals surface area (Å²) in [6.45, 7) is 0. The number of Topliss-reactive ketones (excluding diaryl/α,β-unsaturated/α-hetero) is 1. The van der Waals surface area contributed by atoms with Crippen molar-refractivity contribution in [2.45, 2.75) is 56.4 Å². The van der Waals surface area contributed by atoms with Gasteiger partial charge in [-0.3, -0.25) is 14.4 Å². The zero-order valence-electron chi connectivity index (χ0n) is 12.9. The van der Waals surface area contributed by atoms with E-state index in [-0.39, 0.29) is 0 Å². The lowest BCUT2D eigenvalue weighted by Crippen LogP contribution is -2.50. The molecule has 2 fully saturated rings. The third kappa shape index (κ3) is 2.78. The largest absolute Gasteiger partial charge is 0.480 e. The van der Waals surface area contributed by atoms with Crippen LogP contribution >= 0.6 is 0 Å². The summed E-state index contributed by atoms with van der Waals surface area (Å²) in [5.74, 6) is -5.33. The second kappa shape index (κ2) is 5.83. The Morgan fingerprint density at radius 2 is 1.70 bits per heavy atom. The highest BCUT2D eigenvalue weighted by Gasteiger charge is 2.49. The second-order valence-corrected chi connectivity index (χ2v) is 6.69. The van der Waals surface area contributed by atoms with E-state index >= 15 is 0 Å². The van der Waals surface area contributed by atoms with E-state index < -0.39 is 29.2 Å². The van der Waals surface area contributed by atoms with E-state index in [4.69, 9.17) is 0 Å². The summed E-state index contributed by atoms with van der Waals surface area (Å²) >= 11 is 0. The van der Waals surface area contributed by atoms with Crippen LogP contribution in [0.5, 0.6) is 0 Å². The molecule has 1 aromatic heterocycles. The Hall–Kier alpha value is -2.11. The van der Waals surface area contributed by atoms with Crippen LogP contribution in [0.2, 0.25) is 0 Å². The van der Waals surface area contributed by atoms with Crippen molar-refractivity contribution in [1.82, 2.24) is 4.57 Å². The van der Waals surface area contributed by atoms with Crippen molar-refractivity contribution in [2.75, 3.05) is 0 Å². The number of rotatable bonds is 6. The highest BCUT2D eigenvalue weighted by Crippen LogP contribution is 2.43. The monoisotopic (exact) mass is 319 g/mol. The van der Waals surface area contributed by atoms with Crippen LogP contribution in [-0.4, -0.2) is 32.5 Å². The standard InChI is InChI=1S/C17H21NO5/c19-14(13(15(20)21)16(22)23)17(7-2-1-3-8-17)18-9-6-12(10-18)11-4-5-11/h6,9-11,13H,1-5,7-8H2,(H,20,21)(H,22,23). The number of carbonyl (C=O) groups excluding carboxylic acids is 1. The minimum atomic E-state index is -2.00. The Labute approximate surface area is 134 Å². The second-order valence-electron chi connectivity index (χ2n) is 6.69. The van der Waals surface area contributed by atoms with Gasteiger partial charge in [0.25, 0.3) is 0 Å². The first kappa shape index (κ1) is 15.8. The summed E-state index contributed by atoms with van der Waals surface area (Å²) in [5.41, 5.74) is 0.122. The Morgan fingerprint density at radius 1 is 1.09 bits per heavy atom. The molecule has 0 saturated heterocycles. The lowest BCUT2D eigenvalue weighted by molar-refractivity contribution is -0.160. The fourth-order valence-electron chi connectivity index (χ4n) is 3.70. The van der Waals surface area contributed by atoms with Gasteiger partial charge >= 0.3 is 11.9 Å². The summed E-state index contributed by atoms with van der Waals surface area (Å²) in [6.07, 6.45) is 9.60. The maximum absolute atomic E-state index is 12.9. The minimum Gasteiger partial charge on any atom is -0.480 e. The first-order valence-electron chi connectivity index (χ1n) is 8.14. The van der Waals surface area contributed by atoms with E-state index in [0.29, 0.717) is 18.8 Å². The molecule has 6 heteroatoms. The Bertz CT molecular complexity index is 623. The zero-order valence-corrected chi connectivity index (χ0v) is 12.9. The molecular formula is C17H21NO5. The van der Waals surface area contributed by atoms with Gasteiger partial charge in [0.15, 0.2) is 5.78 Å². The van der Waals surface area contributed by atoms with Crippen molar-refractivity contribution in [3.63, 3.8) is 0 Å². The van der Waals surface area contributed by atoms with E-state index in [0.717, 1.165) is 37.7 Å². The molecule has 1 heterocycles. The molecule has 3 rings (SSSR count). The van der Waals surface area contributed by atoms with Crippen LogP contribution in [-0.2, 0) is 19.9 Å². The molecular weight excluding hydrogens is 298 g/mol. The fraction of sp³-hybridized carbons (Fsp3) is 0.588. The molecule has 23 heavy (non-hydrogen) atoms. The minimum absolute atomic E-state index is 0.502. The van der Waals surface area contributed by atoms with Crippen LogP contribution in [0, 0.1) is 5.92 Å². The van der Waals surface area contributed by atoms with Gasteiger partial charge in [0, 0.05) is 12.4 Å². The molecule has 0 spiro atoms. The van der Waals surface area contributed by atoms with Crippen molar-refractivity contribution in [3.8, 4) is 0 Å². The molecule has 0 aliphatic heterocycles. The first-order chi connectivity index (χ1) is 11.0. The van der Waals surface area contributed by atoms with Gasteiger partial charge in [0.1, 0.15) is 5.54 Å². The molecule has 0 unspecified atom stereocenters. The van der Waals surface area contributed by atoms with E-state index in [1.807, 2.05) is 18.5 Å². The van der Waals surface area contributed by atoms with Gasteiger partial charge in [-0.05, 0) is 43.2 Å². The molecule has 1 aromatic rings. The number of aromatic nitrogens is 1. The number of nitrogens with zero attached hydrogens (tertiary/aromatic N) is 1. The molecule has 6 nitrogen and oxygen atoms in total. The number of hydrogen-bond acceptors (Lipinski definition) is 3. The predicted molar refractivity (Wildman–Crippen MR) is 81.2 cm³/mol. The third-order valence-electron chi connectivity index (χ3n) is 5.15. The van der Waals surface area contributed by atoms with Crippen molar-refractivity contribution in [2.24, 2.45) is 5.92 Å². The molecule has 0 radical (unpaired) electrons. The topological polar surface area (TPSA) is 96.6 Å². The number of carbonyl (C=O) groups is 3. The van der Waals surface area contributed by atoms with Gasteiger partial charge in [-0.2, -0.15) is 0 Å². The van der Waals surface area contributed by atoms with E-state index in [1.54, 1.807) is 4.57 Å². The molecule has 2 N–H and O–H groups in total. The summed E-state index contributed by atoms with van der Waals surface area (Å²) in [6, 6.07) is 1.97. The zero-order chi connectivity index (χ0) is 16.6. The van der Waals surface area contributed by atoms with Crippen molar-refractivity contribution < 1.29 is 24.6 Å². The summed E-state index contributed by atoms with van der Waals surface area (Å²) in [7, 11) is 0. The highest BCUT2D eigenvalue weighted by atomic mass is 16.4. The van der Waals surface area contributed by atoms with Crippen LogP contribution in [0.3, 0.4) is 0 Å². The van der Waals surface area contributed by atoms with Crippen LogP contribution in [0.15, 0.2) is 18.5 Å². The number of aliphatic carboxylic acids is 2. The van der Waals surface area contributed by atoms with Crippen molar-refractivity contribution in [1.29, 1.82) is 0 Å². The Kier molecular flexibility index (Phi) is 4.00. The molecule has 2 aliphatic carbocycles. The van der Waals surface area contributed by atoms with E-state index in [9.17, 15) is 24.6 Å². The van der Waals surface area contributed by atoms with Gasteiger partial charge in [-0.25, -0.2) is 0 Å². The van der Waals surface area contributed by atoms with E-state index in [1.165, 1.54) is 0 Å². The number of ketones is 1. The molecule has 2 aliphatic rings. The Morgan fingerprint density at radius 3 is 2.22 bits per heavy atom. The van der Waals surface area contributed by atoms with Gasteiger partial charge < -0.3 is 14.8 Å². The lowest BCUT2D eigenvalue weighted by Gasteiger charge is -2.38. The molecule has 0 amide bonds. The Balaban J connectivity index is 1.99. The normalized spacial score (nSPS) is 20.4. The summed E-state index contributed by atoms with van der Waals surface area (Å²) < 4.78 is 1.79. The number of carboxylic acid groups (broad SMARTS) is 2. The maximum atomic E-state index is 12.9. The van der Waals surface area contributed by atoms with Crippen LogP contribution in [0.4, 0.5) is 0 Å². The maximum Gasteiger partial charge on any atom is 0.325 e. The van der Waals surface area contributed by atoms with Crippen LogP contribution in [0.25, 0.3) is 0 Å². The fourth-order valence-corrected chi connectivity index (χ4v) is 3.70. The van der Waals surface area contributed by atoms with Crippen molar-refractivity contribution >= 4 is 17.7 Å². The molecule has 124 valence electrons. The number of hydrogen-bond donors (Lipinski definition) is 2. The van der Waals surface area contributed by atoms with Crippen LogP contribution < -0.4 is 0 Å². The SMILES string of the molecule is O=C(O)C(C(=O)O)C(=O)C1(n2ccc(C3CC3)c2)CCCCC1. The molecule has 0 bridgehead atoms. The van der Waals surface area contributed by atoms with Crippen LogP contribution in [0.1, 0.15) is 56.4 Å². The smallest absolute Gasteiger partial charge is 0.325 e. The molecule has 2 saturated carbocycles. The first-order valence-corrected chi connectivity index (χ1v) is 8.14. The van der Waals surface area contributed by atoms with Crippen molar-refractivity contribution in [3.05, 3.63) is 24.0 Å². The molecule has 0 atom stereocenters. The molecule has 0 aromatic carbocycles. The lowest BCUT2D eigenvalue weighted by atomic mass is 9.74. The summed E-state index contributed by atoms with van der Waals surface area (Å²) in [5, 5.41) is 18.4. The van der Waals surface area contributed by atoms with Gasteiger partial charge in [-0.15, -0.1) is 0 Å². The third-order valence-corrected chi connectivity index (χ3v) is 5.15. The summed E-state index contributed by atoms with van der Waals surface area (Å²) in [4.78, 5) is 35.5. The highest BCUT2D eigenvalue weighted by molar-refractivity contribution is 6.16. The quantitative estimate of drug-likeness (QED) is 0.785. The number of carboxylic acids is 2. The van der Waals surface area contributed by atoms with Gasteiger partial charge in [0.05, 0.1) is 0 Å². The predicted octanol–water partition coefficient (Wildman–Crippen LogP) is 2.38. The van der Waals surface area contributed by atoms with Gasteiger partial charge in [-0.1, -0.05) is 19.3 Å². The average molecular weight is 319 g/mol. The average Bonchev–Trinajstić information content (AvgIpc) is 3.24. The van der Waals surface area contributed by atoms with Gasteiger partial charge in [0.2, 0.25) is 5.92 Å².